The third-order valence-corrected chi connectivity index (χ3v) is 4.35. The molecule has 6 heteroatoms. The van der Waals surface area contributed by atoms with E-state index in [4.69, 9.17) is 4.74 Å². The van der Waals surface area contributed by atoms with E-state index in [1.54, 1.807) is 26.6 Å². The second-order valence-electron chi connectivity index (χ2n) is 5.10. The molecule has 2 aromatic heterocycles. The van der Waals surface area contributed by atoms with Crippen LogP contribution in [0.1, 0.15) is 30.1 Å². The zero-order chi connectivity index (χ0) is 13.8. The van der Waals surface area contributed by atoms with Gasteiger partial charge >= 0.3 is 5.97 Å². The molecular weight excluding hydrogens is 312 g/mol. The summed E-state index contributed by atoms with van der Waals surface area (Å²) in [6.07, 6.45) is 5.22. The lowest BCUT2D eigenvalue weighted by atomic mass is 10.2. The van der Waals surface area contributed by atoms with Crippen LogP contribution in [0.25, 0.3) is 10.9 Å². The number of hydrogen-bond acceptors (Lipinski definition) is 3. The summed E-state index contributed by atoms with van der Waals surface area (Å²) in [5, 5.41) is 0.521. The van der Waals surface area contributed by atoms with Crippen LogP contribution in [0.5, 0.6) is 0 Å². The summed E-state index contributed by atoms with van der Waals surface area (Å²) in [4.78, 5) is 24.4. The summed E-state index contributed by atoms with van der Waals surface area (Å²) in [5.74, 6) is -0.442. The fourth-order valence-corrected chi connectivity index (χ4v) is 2.80. The third kappa shape index (κ3) is 1.74. The van der Waals surface area contributed by atoms with Crippen LogP contribution >= 0.6 is 16.1 Å². The summed E-state index contributed by atoms with van der Waals surface area (Å²) < 4.78 is 8.06. The first kappa shape index (κ1) is 12.5. The maximum Gasteiger partial charge on any atom is 0.341 e. The fourth-order valence-electron chi connectivity index (χ4n) is 2.30. The van der Waals surface area contributed by atoms with Crippen molar-refractivity contribution < 1.29 is 9.53 Å². The maximum atomic E-state index is 12.5. The summed E-state index contributed by atoms with van der Waals surface area (Å²) in [5.41, 5.74) is 0.716. The zero-order valence-electron chi connectivity index (χ0n) is 10.6. The number of halogens is 1. The van der Waals surface area contributed by atoms with Crippen molar-refractivity contribution in [3.05, 3.63) is 34.4 Å². The van der Waals surface area contributed by atoms with Crippen molar-refractivity contribution >= 4 is 33.0 Å². The summed E-state index contributed by atoms with van der Waals surface area (Å²) in [7, 11) is 1.34. The van der Waals surface area contributed by atoms with E-state index in [0.29, 0.717) is 16.5 Å². The van der Waals surface area contributed by atoms with Crippen LogP contribution in [0.4, 0.5) is 0 Å². The standard InChI is InChI=1S/C13H13BrN2O3/c1-13(4-5-13)15-7-9(12(18)19-2)10-8(11(15)17)3-6-16(10)14/h3,6-7H,4-5H2,1-2H3. The van der Waals surface area contributed by atoms with Gasteiger partial charge in [-0.05, 0) is 25.8 Å². The third-order valence-electron chi connectivity index (χ3n) is 3.76. The lowest BCUT2D eigenvalue weighted by molar-refractivity contribution is 0.0601. The van der Waals surface area contributed by atoms with Crippen LogP contribution < -0.4 is 5.56 Å². The van der Waals surface area contributed by atoms with Crippen LogP contribution in [-0.2, 0) is 10.3 Å². The number of carbonyl (C=O) groups excluding carboxylic acids is 1. The number of fused-ring (bicyclic) bond motifs is 1. The lowest BCUT2D eigenvalue weighted by Gasteiger charge is -2.15. The van der Waals surface area contributed by atoms with Crippen molar-refractivity contribution in [2.45, 2.75) is 25.3 Å². The van der Waals surface area contributed by atoms with Gasteiger partial charge in [-0.2, -0.15) is 0 Å². The van der Waals surface area contributed by atoms with E-state index in [0.717, 1.165) is 12.8 Å². The van der Waals surface area contributed by atoms with E-state index in [-0.39, 0.29) is 11.1 Å². The number of aromatic nitrogens is 2. The first-order chi connectivity index (χ1) is 8.98. The van der Waals surface area contributed by atoms with Crippen molar-refractivity contribution in [3.8, 4) is 0 Å². The summed E-state index contributed by atoms with van der Waals surface area (Å²) in [6, 6.07) is 1.71. The monoisotopic (exact) mass is 324 g/mol. The van der Waals surface area contributed by atoms with Gasteiger partial charge < -0.3 is 9.30 Å². The van der Waals surface area contributed by atoms with Gasteiger partial charge in [0.2, 0.25) is 0 Å². The molecule has 0 amide bonds. The molecule has 1 fully saturated rings. The van der Waals surface area contributed by atoms with Gasteiger partial charge in [0.15, 0.2) is 0 Å². The van der Waals surface area contributed by atoms with Gasteiger partial charge in [0.05, 0.1) is 34.2 Å². The Bertz CT molecular complexity index is 740. The Kier molecular flexibility index (Phi) is 2.60. The van der Waals surface area contributed by atoms with Gasteiger partial charge in [-0.1, -0.05) is 0 Å². The second-order valence-corrected chi connectivity index (χ2v) is 5.86. The lowest BCUT2D eigenvalue weighted by Crippen LogP contribution is -2.29. The normalized spacial score (nSPS) is 16.6. The van der Waals surface area contributed by atoms with E-state index < -0.39 is 5.97 Å². The SMILES string of the molecule is COC(=O)c1cn(C2(C)CC2)c(=O)c2ccn(Br)c12. The van der Waals surface area contributed by atoms with E-state index in [1.165, 1.54) is 7.11 Å². The molecule has 100 valence electrons. The Morgan fingerprint density at radius 3 is 2.74 bits per heavy atom. The number of methoxy groups -OCH3 is 1. The molecule has 2 aromatic rings. The van der Waals surface area contributed by atoms with Gasteiger partial charge in [0.1, 0.15) is 5.56 Å². The Hall–Kier alpha value is -1.56. The van der Waals surface area contributed by atoms with E-state index in [9.17, 15) is 9.59 Å². The minimum Gasteiger partial charge on any atom is -0.465 e. The molecular formula is C13H13BrN2O3. The molecule has 0 radical (unpaired) electrons. The largest absolute Gasteiger partial charge is 0.465 e. The molecule has 0 aromatic carbocycles. The number of ether oxygens (including phenoxy) is 1. The van der Waals surface area contributed by atoms with Gasteiger partial charge in [0, 0.05) is 17.9 Å². The van der Waals surface area contributed by atoms with Crippen LogP contribution in [0, 0.1) is 0 Å². The second kappa shape index (κ2) is 3.96. The van der Waals surface area contributed by atoms with Gasteiger partial charge in [0.25, 0.3) is 5.56 Å². The number of hydrogen-bond donors (Lipinski definition) is 0. The molecule has 0 spiro atoms. The van der Waals surface area contributed by atoms with E-state index in [2.05, 4.69) is 16.1 Å². The fraction of sp³-hybridized carbons (Fsp3) is 0.385. The molecule has 1 aliphatic carbocycles. The topological polar surface area (TPSA) is 53.2 Å². The predicted octanol–water partition coefficient (Wildman–Crippen LogP) is 2.26. The van der Waals surface area contributed by atoms with E-state index in [1.807, 2.05) is 6.92 Å². The molecule has 0 saturated heterocycles. The molecule has 5 nitrogen and oxygen atoms in total. The number of nitrogens with zero attached hydrogens (tertiary/aromatic N) is 2. The first-order valence-electron chi connectivity index (χ1n) is 5.99. The van der Waals surface area contributed by atoms with E-state index >= 15 is 0 Å². The van der Waals surface area contributed by atoms with Gasteiger partial charge in [-0.15, -0.1) is 0 Å². The van der Waals surface area contributed by atoms with Crippen LogP contribution in [0.15, 0.2) is 23.3 Å². The van der Waals surface area contributed by atoms with Crippen molar-refractivity contribution in [2.24, 2.45) is 0 Å². The molecule has 0 N–H and O–H groups in total. The van der Waals surface area contributed by atoms with Crippen molar-refractivity contribution in [1.82, 2.24) is 8.16 Å². The molecule has 1 aliphatic rings. The minimum atomic E-state index is -0.442. The van der Waals surface area contributed by atoms with Crippen LogP contribution in [-0.4, -0.2) is 21.2 Å². The molecule has 0 atom stereocenters. The quantitative estimate of drug-likeness (QED) is 0.796. The molecule has 0 bridgehead atoms. The predicted molar refractivity (Wildman–Crippen MR) is 74.7 cm³/mol. The average molecular weight is 325 g/mol. The van der Waals surface area contributed by atoms with Crippen molar-refractivity contribution in [2.75, 3.05) is 7.11 Å². The van der Waals surface area contributed by atoms with Crippen LogP contribution in [0.2, 0.25) is 0 Å². The van der Waals surface area contributed by atoms with Gasteiger partial charge in [-0.25, -0.2) is 4.79 Å². The smallest absolute Gasteiger partial charge is 0.341 e. The van der Waals surface area contributed by atoms with Crippen molar-refractivity contribution in [1.29, 1.82) is 0 Å². The molecule has 3 rings (SSSR count). The zero-order valence-corrected chi connectivity index (χ0v) is 12.2. The highest BCUT2D eigenvalue weighted by atomic mass is 79.9. The molecule has 2 heterocycles. The maximum absolute atomic E-state index is 12.5. The molecule has 0 aliphatic heterocycles. The summed E-state index contributed by atoms with van der Waals surface area (Å²) in [6.45, 7) is 2.02. The highest BCUT2D eigenvalue weighted by molar-refractivity contribution is 9.08. The number of esters is 1. The summed E-state index contributed by atoms with van der Waals surface area (Å²) >= 11 is 3.30. The number of carbonyl (C=O) groups is 1. The Labute approximate surface area is 118 Å². The van der Waals surface area contributed by atoms with Gasteiger partial charge in [-0.3, -0.25) is 8.39 Å². The molecule has 0 unspecified atom stereocenters. The Morgan fingerprint density at radius 2 is 2.16 bits per heavy atom. The highest BCUT2D eigenvalue weighted by Crippen LogP contribution is 2.42. The average Bonchev–Trinajstić information content (AvgIpc) is 3.02. The number of pyridine rings is 1. The highest BCUT2D eigenvalue weighted by Gasteiger charge is 2.41. The number of rotatable bonds is 2. The minimum absolute atomic E-state index is 0.0687. The Morgan fingerprint density at radius 1 is 1.47 bits per heavy atom. The Balaban J connectivity index is 2.40. The van der Waals surface area contributed by atoms with Crippen LogP contribution in [0.3, 0.4) is 0 Å². The van der Waals surface area contributed by atoms with Crippen molar-refractivity contribution in [3.63, 3.8) is 0 Å². The first-order valence-corrected chi connectivity index (χ1v) is 6.70. The molecule has 19 heavy (non-hydrogen) atoms. The molecule has 1 saturated carbocycles.